The van der Waals surface area contributed by atoms with E-state index in [-0.39, 0.29) is 6.04 Å². The summed E-state index contributed by atoms with van der Waals surface area (Å²) in [5.41, 5.74) is 5.98. The first-order valence-corrected chi connectivity index (χ1v) is 8.59. The molecule has 0 bridgehead atoms. The Bertz CT molecular complexity index is 563. The van der Waals surface area contributed by atoms with Crippen LogP contribution >= 0.6 is 11.3 Å². The van der Waals surface area contributed by atoms with Crippen molar-refractivity contribution in [2.24, 2.45) is 11.7 Å². The van der Waals surface area contributed by atoms with Gasteiger partial charge in [0.15, 0.2) is 0 Å². The molecule has 2 aromatic rings. The fourth-order valence-electron chi connectivity index (χ4n) is 2.88. The number of rotatable bonds is 7. The minimum atomic E-state index is 0.174. The van der Waals surface area contributed by atoms with E-state index < -0.39 is 0 Å². The van der Waals surface area contributed by atoms with E-state index >= 15 is 0 Å². The van der Waals surface area contributed by atoms with Gasteiger partial charge in [0.25, 0.3) is 0 Å². The molecule has 1 aliphatic rings. The van der Waals surface area contributed by atoms with Gasteiger partial charge in [-0.25, -0.2) is 0 Å². The molecule has 0 radical (unpaired) electrons. The molecule has 1 fully saturated rings. The SMILES string of the molecule is CC1CC1c1ccc(C(CN)N(C)CCc2cccs2)o1. The van der Waals surface area contributed by atoms with Gasteiger partial charge in [-0.2, -0.15) is 0 Å². The number of thiophene rings is 1. The van der Waals surface area contributed by atoms with E-state index in [0.717, 1.165) is 30.4 Å². The fraction of sp³-hybridized carbons (Fsp3) is 0.529. The molecule has 0 amide bonds. The van der Waals surface area contributed by atoms with Crippen molar-refractivity contribution in [2.75, 3.05) is 20.1 Å². The average molecular weight is 304 g/mol. The molecule has 1 saturated carbocycles. The minimum Gasteiger partial charge on any atom is -0.464 e. The van der Waals surface area contributed by atoms with Gasteiger partial charge >= 0.3 is 0 Å². The summed E-state index contributed by atoms with van der Waals surface area (Å²) in [4.78, 5) is 3.73. The van der Waals surface area contributed by atoms with Gasteiger partial charge in [-0.05, 0) is 49.4 Å². The summed E-state index contributed by atoms with van der Waals surface area (Å²) >= 11 is 1.82. The Morgan fingerprint density at radius 2 is 2.24 bits per heavy atom. The first kappa shape index (κ1) is 14.8. The second-order valence-electron chi connectivity index (χ2n) is 6.12. The Labute approximate surface area is 130 Å². The number of nitrogens with two attached hydrogens (primary N) is 1. The highest BCUT2D eigenvalue weighted by Gasteiger charge is 2.37. The molecular weight excluding hydrogens is 280 g/mol. The molecule has 0 aliphatic heterocycles. The van der Waals surface area contributed by atoms with Crippen molar-refractivity contribution < 1.29 is 4.42 Å². The van der Waals surface area contributed by atoms with Gasteiger partial charge in [-0.1, -0.05) is 13.0 Å². The maximum Gasteiger partial charge on any atom is 0.122 e. The number of likely N-dealkylation sites (N-methyl/N-ethyl adjacent to an activating group) is 1. The lowest BCUT2D eigenvalue weighted by molar-refractivity contribution is 0.220. The first-order valence-electron chi connectivity index (χ1n) is 7.71. The van der Waals surface area contributed by atoms with Crippen molar-refractivity contribution in [3.05, 3.63) is 46.0 Å². The second kappa shape index (κ2) is 6.34. The highest BCUT2D eigenvalue weighted by atomic mass is 32.1. The largest absolute Gasteiger partial charge is 0.464 e. The van der Waals surface area contributed by atoms with E-state index in [1.54, 1.807) is 0 Å². The van der Waals surface area contributed by atoms with Crippen LogP contribution < -0.4 is 5.73 Å². The molecule has 0 saturated heterocycles. The van der Waals surface area contributed by atoms with Crippen LogP contribution in [0, 0.1) is 5.92 Å². The van der Waals surface area contributed by atoms with Crippen LogP contribution in [0.1, 0.15) is 41.7 Å². The molecule has 2 heterocycles. The summed E-state index contributed by atoms with van der Waals surface area (Å²) in [7, 11) is 2.13. The molecule has 3 unspecified atom stereocenters. The number of hydrogen-bond acceptors (Lipinski definition) is 4. The predicted molar refractivity (Wildman–Crippen MR) is 87.7 cm³/mol. The number of furan rings is 1. The summed E-state index contributed by atoms with van der Waals surface area (Å²) in [5, 5.41) is 2.13. The van der Waals surface area contributed by atoms with E-state index in [1.165, 1.54) is 11.3 Å². The summed E-state index contributed by atoms with van der Waals surface area (Å²) in [5.74, 6) is 3.56. The van der Waals surface area contributed by atoms with Crippen LogP contribution in [0.15, 0.2) is 34.1 Å². The topological polar surface area (TPSA) is 42.4 Å². The average Bonchev–Trinajstić information content (AvgIpc) is 2.90. The molecule has 4 heteroatoms. The van der Waals surface area contributed by atoms with Crippen molar-refractivity contribution in [3.8, 4) is 0 Å². The van der Waals surface area contributed by atoms with Gasteiger partial charge in [0.05, 0.1) is 6.04 Å². The third kappa shape index (κ3) is 3.39. The standard InChI is InChI=1S/C17H24N2OS/c1-12-10-14(12)16-5-6-17(20-16)15(11-18)19(2)8-7-13-4-3-9-21-13/h3-6,9,12,14-15H,7-8,10-11,18H2,1-2H3. The Hall–Kier alpha value is -1.10. The van der Waals surface area contributed by atoms with Crippen LogP contribution in [0.5, 0.6) is 0 Å². The van der Waals surface area contributed by atoms with Gasteiger partial charge in [0.2, 0.25) is 0 Å². The smallest absolute Gasteiger partial charge is 0.122 e. The molecule has 2 aromatic heterocycles. The van der Waals surface area contributed by atoms with Crippen molar-refractivity contribution in [1.82, 2.24) is 4.90 Å². The van der Waals surface area contributed by atoms with E-state index in [0.29, 0.717) is 12.5 Å². The minimum absolute atomic E-state index is 0.174. The van der Waals surface area contributed by atoms with Crippen molar-refractivity contribution >= 4 is 11.3 Å². The van der Waals surface area contributed by atoms with E-state index in [9.17, 15) is 0 Å². The van der Waals surface area contributed by atoms with E-state index in [1.807, 2.05) is 11.3 Å². The summed E-state index contributed by atoms with van der Waals surface area (Å²) in [6.07, 6.45) is 2.33. The molecule has 3 rings (SSSR count). The summed E-state index contributed by atoms with van der Waals surface area (Å²) in [6, 6.07) is 8.72. The molecule has 114 valence electrons. The lowest BCUT2D eigenvalue weighted by atomic mass is 10.2. The monoisotopic (exact) mass is 304 g/mol. The van der Waals surface area contributed by atoms with Crippen LogP contribution in [-0.2, 0) is 6.42 Å². The first-order chi connectivity index (χ1) is 10.2. The zero-order valence-corrected chi connectivity index (χ0v) is 13.6. The predicted octanol–water partition coefficient (Wildman–Crippen LogP) is 3.64. The number of hydrogen-bond donors (Lipinski definition) is 1. The van der Waals surface area contributed by atoms with Gasteiger partial charge < -0.3 is 10.2 Å². The number of nitrogens with zero attached hydrogens (tertiary/aromatic N) is 1. The molecule has 21 heavy (non-hydrogen) atoms. The van der Waals surface area contributed by atoms with Gasteiger partial charge in [0, 0.05) is 23.9 Å². The lowest BCUT2D eigenvalue weighted by Gasteiger charge is -2.25. The lowest BCUT2D eigenvalue weighted by Crippen LogP contribution is -2.31. The van der Waals surface area contributed by atoms with Gasteiger partial charge in [0.1, 0.15) is 11.5 Å². The summed E-state index contributed by atoms with van der Waals surface area (Å²) < 4.78 is 6.07. The zero-order chi connectivity index (χ0) is 14.8. The quantitative estimate of drug-likeness (QED) is 0.849. The molecule has 0 aromatic carbocycles. The normalized spacial score (nSPS) is 22.7. The highest BCUT2D eigenvalue weighted by Crippen LogP contribution is 2.47. The molecule has 3 nitrogen and oxygen atoms in total. The summed E-state index contributed by atoms with van der Waals surface area (Å²) in [6.45, 7) is 3.87. The van der Waals surface area contributed by atoms with Crippen molar-refractivity contribution in [1.29, 1.82) is 0 Å². The van der Waals surface area contributed by atoms with Crippen LogP contribution in [-0.4, -0.2) is 25.0 Å². The van der Waals surface area contributed by atoms with E-state index in [4.69, 9.17) is 10.2 Å². The third-order valence-electron chi connectivity index (χ3n) is 4.50. The molecule has 2 N–H and O–H groups in total. The van der Waals surface area contributed by atoms with Crippen LogP contribution in [0.4, 0.5) is 0 Å². The third-order valence-corrected chi connectivity index (χ3v) is 5.43. The fourth-order valence-corrected chi connectivity index (χ4v) is 3.57. The second-order valence-corrected chi connectivity index (χ2v) is 7.15. The highest BCUT2D eigenvalue weighted by molar-refractivity contribution is 7.09. The van der Waals surface area contributed by atoms with Crippen LogP contribution in [0.3, 0.4) is 0 Å². The molecule has 1 aliphatic carbocycles. The molecular formula is C17H24N2OS. The maximum atomic E-state index is 6.07. The van der Waals surface area contributed by atoms with Gasteiger partial charge in [-0.15, -0.1) is 11.3 Å². The zero-order valence-electron chi connectivity index (χ0n) is 12.8. The molecule has 3 atom stereocenters. The van der Waals surface area contributed by atoms with Crippen LogP contribution in [0.2, 0.25) is 0 Å². The van der Waals surface area contributed by atoms with E-state index in [2.05, 4.69) is 48.5 Å². The molecule has 0 spiro atoms. The van der Waals surface area contributed by atoms with Crippen LogP contribution in [0.25, 0.3) is 0 Å². The van der Waals surface area contributed by atoms with Crippen molar-refractivity contribution in [3.63, 3.8) is 0 Å². The Morgan fingerprint density at radius 1 is 1.43 bits per heavy atom. The van der Waals surface area contributed by atoms with Crippen molar-refractivity contribution in [2.45, 2.75) is 31.7 Å². The maximum absolute atomic E-state index is 6.07. The Balaban J connectivity index is 1.61. The van der Waals surface area contributed by atoms with Gasteiger partial charge in [-0.3, -0.25) is 4.90 Å². The Morgan fingerprint density at radius 3 is 2.86 bits per heavy atom. The Kier molecular flexibility index (Phi) is 4.48.